The van der Waals surface area contributed by atoms with Crippen LogP contribution >= 0.6 is 11.6 Å². The molecule has 2 N–H and O–H groups in total. The molecule has 1 aliphatic carbocycles. The fourth-order valence-corrected chi connectivity index (χ4v) is 5.43. The lowest BCUT2D eigenvalue weighted by molar-refractivity contribution is -0.121. The van der Waals surface area contributed by atoms with E-state index in [4.69, 9.17) is 16.3 Å². The van der Waals surface area contributed by atoms with Crippen molar-refractivity contribution >= 4 is 39.4 Å². The van der Waals surface area contributed by atoms with E-state index in [1.165, 1.54) is 4.68 Å². The second kappa shape index (κ2) is 11.0. The van der Waals surface area contributed by atoms with E-state index in [2.05, 4.69) is 15.1 Å². The first-order chi connectivity index (χ1) is 19.5. The van der Waals surface area contributed by atoms with Gasteiger partial charge in [0.1, 0.15) is 6.10 Å². The number of carbonyl (C=O) groups is 2. The average molecular weight is 597 g/mol. The summed E-state index contributed by atoms with van der Waals surface area (Å²) in [6.07, 6.45) is 1.56. The van der Waals surface area contributed by atoms with Crippen LogP contribution in [0.3, 0.4) is 0 Å². The molecule has 1 aliphatic rings. The van der Waals surface area contributed by atoms with Crippen molar-refractivity contribution in [3.8, 4) is 16.8 Å². The van der Waals surface area contributed by atoms with Gasteiger partial charge in [-0.05, 0) is 54.7 Å². The number of amides is 2. The number of halogens is 2. The summed E-state index contributed by atoms with van der Waals surface area (Å²) in [5.41, 5.74) is 2.75. The number of benzene rings is 3. The minimum absolute atomic E-state index is 0.180. The van der Waals surface area contributed by atoms with Crippen LogP contribution in [0.1, 0.15) is 37.0 Å². The molecule has 1 atom stereocenters. The number of nitrogens with one attached hydrogen (secondary N) is 2. The molecule has 0 spiro atoms. The molecule has 2 amide bonds. The second-order valence-corrected chi connectivity index (χ2v) is 12.0. The van der Waals surface area contributed by atoms with Gasteiger partial charge in [0.2, 0.25) is 15.9 Å². The van der Waals surface area contributed by atoms with Gasteiger partial charge in [-0.1, -0.05) is 66.2 Å². The molecule has 0 aliphatic heterocycles. The molecule has 9 nitrogen and oxygen atoms in total. The Morgan fingerprint density at radius 3 is 2.22 bits per heavy atom. The zero-order valence-corrected chi connectivity index (χ0v) is 23.7. The molecule has 0 saturated heterocycles. The van der Waals surface area contributed by atoms with E-state index in [1.54, 1.807) is 43.3 Å². The number of aromatic nitrogens is 2. The van der Waals surface area contributed by atoms with Crippen LogP contribution in [0.2, 0.25) is 5.02 Å². The molecule has 1 heterocycles. The maximum Gasteiger partial charge on any atom is 0.413 e. The van der Waals surface area contributed by atoms with Crippen molar-refractivity contribution in [3.05, 3.63) is 101 Å². The lowest BCUT2D eigenvalue weighted by Gasteiger charge is -2.16. The number of ether oxygens (including phenoxy) is 1. The maximum absolute atomic E-state index is 14.6. The quantitative estimate of drug-likeness (QED) is 0.267. The SMILES string of the molecule is C[C@@H](OC(=O)Nc1c(F)cnn1-c1ccc(-c2ccc(C3(C(=O)NS(C)(=O)=O)CC3)cc2)cc1)c1ccccc1Cl. The second-order valence-electron chi connectivity index (χ2n) is 9.86. The third-order valence-corrected chi connectivity index (χ3v) is 7.82. The van der Waals surface area contributed by atoms with E-state index >= 15 is 0 Å². The summed E-state index contributed by atoms with van der Waals surface area (Å²) >= 11 is 6.17. The molecule has 1 aromatic heterocycles. The molecule has 1 fully saturated rings. The summed E-state index contributed by atoms with van der Waals surface area (Å²) in [4.78, 5) is 25.1. The van der Waals surface area contributed by atoms with Gasteiger partial charge in [-0.25, -0.2) is 22.3 Å². The van der Waals surface area contributed by atoms with Gasteiger partial charge in [-0.15, -0.1) is 0 Å². The van der Waals surface area contributed by atoms with Crippen molar-refractivity contribution in [2.24, 2.45) is 0 Å². The highest BCUT2D eigenvalue weighted by molar-refractivity contribution is 7.89. The Kier molecular flexibility index (Phi) is 7.58. The predicted molar refractivity (Wildman–Crippen MR) is 153 cm³/mol. The van der Waals surface area contributed by atoms with Crippen LogP contribution in [0.5, 0.6) is 0 Å². The van der Waals surface area contributed by atoms with Gasteiger partial charge in [0.15, 0.2) is 11.6 Å². The summed E-state index contributed by atoms with van der Waals surface area (Å²) in [6.45, 7) is 1.66. The number of hydrogen-bond donors (Lipinski definition) is 2. The Morgan fingerprint density at radius 2 is 1.63 bits per heavy atom. The van der Waals surface area contributed by atoms with Crippen LogP contribution < -0.4 is 10.0 Å². The van der Waals surface area contributed by atoms with Crippen molar-refractivity contribution in [2.75, 3.05) is 11.6 Å². The van der Waals surface area contributed by atoms with Gasteiger partial charge >= 0.3 is 6.09 Å². The molecule has 12 heteroatoms. The molecule has 212 valence electrons. The Morgan fingerprint density at radius 1 is 1.02 bits per heavy atom. The highest BCUT2D eigenvalue weighted by Crippen LogP contribution is 2.48. The lowest BCUT2D eigenvalue weighted by Crippen LogP contribution is -2.38. The summed E-state index contributed by atoms with van der Waals surface area (Å²) in [5, 5.41) is 6.92. The number of hydrogen-bond acceptors (Lipinski definition) is 6. The fourth-order valence-electron chi connectivity index (χ4n) is 4.61. The Hall–Kier alpha value is -4.22. The van der Waals surface area contributed by atoms with Gasteiger partial charge in [0.25, 0.3) is 0 Å². The molecule has 0 bridgehead atoms. The third kappa shape index (κ3) is 6.10. The van der Waals surface area contributed by atoms with Gasteiger partial charge in [0.05, 0.1) is 23.6 Å². The van der Waals surface area contributed by atoms with Crippen LogP contribution in [0.15, 0.2) is 79.0 Å². The summed E-state index contributed by atoms with van der Waals surface area (Å²) < 4.78 is 46.3. The van der Waals surface area contributed by atoms with Gasteiger partial charge in [-0.3, -0.25) is 14.8 Å². The van der Waals surface area contributed by atoms with Gasteiger partial charge < -0.3 is 4.74 Å². The smallest absolute Gasteiger partial charge is 0.413 e. The van der Waals surface area contributed by atoms with E-state index in [0.717, 1.165) is 29.1 Å². The van der Waals surface area contributed by atoms with Gasteiger partial charge in [0, 0.05) is 10.6 Å². The molecule has 4 aromatic rings. The predicted octanol–water partition coefficient (Wildman–Crippen LogP) is 5.75. The Balaban J connectivity index is 1.29. The standard InChI is InChI=1S/C29H26ClFN4O5S/c1-18(23-5-3-4-6-24(23)30)40-28(37)33-26-25(31)17-32-35(26)22-13-9-20(10-14-22)19-7-11-21(12-8-19)29(15-16-29)27(36)34-41(2,38)39/h3-14,17-18H,15-16H2,1-2H3,(H,33,37)(H,34,36)/t18-/m1/s1. The van der Waals surface area contributed by atoms with Crippen molar-refractivity contribution < 1.29 is 27.1 Å². The van der Waals surface area contributed by atoms with Crippen molar-refractivity contribution in [1.82, 2.24) is 14.5 Å². The zero-order valence-electron chi connectivity index (χ0n) is 22.1. The highest BCUT2D eigenvalue weighted by atomic mass is 35.5. The first-order valence-corrected chi connectivity index (χ1v) is 14.9. The van der Waals surface area contributed by atoms with E-state index < -0.39 is 39.4 Å². The number of rotatable bonds is 8. The van der Waals surface area contributed by atoms with Crippen LogP contribution in [0.25, 0.3) is 16.8 Å². The number of anilines is 1. The molecule has 41 heavy (non-hydrogen) atoms. The summed E-state index contributed by atoms with van der Waals surface area (Å²) in [6, 6.07) is 21.4. The average Bonchev–Trinajstić information content (AvgIpc) is 3.67. The Bertz CT molecular complexity index is 1720. The monoisotopic (exact) mass is 596 g/mol. The molecule has 3 aromatic carbocycles. The van der Waals surface area contributed by atoms with Crippen LogP contribution in [-0.2, 0) is 25.0 Å². The minimum atomic E-state index is -3.64. The molecule has 1 saturated carbocycles. The first kappa shape index (κ1) is 28.3. The van der Waals surface area contributed by atoms with Gasteiger partial charge in [-0.2, -0.15) is 5.10 Å². The van der Waals surface area contributed by atoms with E-state index in [1.807, 2.05) is 36.4 Å². The summed E-state index contributed by atoms with van der Waals surface area (Å²) in [5.74, 6) is -1.43. The minimum Gasteiger partial charge on any atom is -0.441 e. The van der Waals surface area contributed by atoms with Crippen LogP contribution in [0.4, 0.5) is 15.0 Å². The molecule has 0 unspecified atom stereocenters. The largest absolute Gasteiger partial charge is 0.441 e. The van der Waals surface area contributed by atoms with Crippen molar-refractivity contribution in [1.29, 1.82) is 0 Å². The first-order valence-electron chi connectivity index (χ1n) is 12.7. The Labute approximate surface area is 241 Å². The van der Waals surface area contributed by atoms with E-state index in [9.17, 15) is 22.4 Å². The topological polar surface area (TPSA) is 119 Å². The zero-order chi connectivity index (χ0) is 29.4. The lowest BCUT2D eigenvalue weighted by atomic mass is 9.93. The highest BCUT2D eigenvalue weighted by Gasteiger charge is 2.52. The molecule has 0 radical (unpaired) electrons. The molecule has 5 rings (SSSR count). The normalized spacial score (nSPS) is 14.6. The molecular weight excluding hydrogens is 571 g/mol. The molecular formula is C29H26ClFN4O5S. The van der Waals surface area contributed by atoms with Crippen molar-refractivity contribution in [2.45, 2.75) is 31.3 Å². The van der Waals surface area contributed by atoms with E-state index in [0.29, 0.717) is 29.1 Å². The fraction of sp³-hybridized carbons (Fsp3) is 0.207. The third-order valence-electron chi connectivity index (χ3n) is 6.92. The van der Waals surface area contributed by atoms with E-state index in [-0.39, 0.29) is 5.82 Å². The van der Waals surface area contributed by atoms with Crippen LogP contribution in [0, 0.1) is 5.82 Å². The van der Waals surface area contributed by atoms with Crippen LogP contribution in [-0.4, -0.2) is 36.5 Å². The number of nitrogens with zero attached hydrogens (tertiary/aromatic N) is 2. The summed E-state index contributed by atoms with van der Waals surface area (Å²) in [7, 11) is -3.64. The number of sulfonamides is 1. The maximum atomic E-state index is 14.6. The van der Waals surface area contributed by atoms with Crippen molar-refractivity contribution in [3.63, 3.8) is 0 Å². The number of carbonyl (C=O) groups excluding carboxylic acids is 2.